The average Bonchev–Trinajstić information content (AvgIpc) is 2.85. The summed E-state index contributed by atoms with van der Waals surface area (Å²) >= 11 is 0. The number of nitrogens with zero attached hydrogens (tertiary/aromatic N) is 1. The van der Waals surface area contributed by atoms with Crippen LogP contribution in [0.3, 0.4) is 0 Å². The van der Waals surface area contributed by atoms with Crippen molar-refractivity contribution in [1.29, 1.82) is 0 Å². The fraction of sp³-hybridized carbons (Fsp3) is 0.118. The van der Waals surface area contributed by atoms with Gasteiger partial charge in [-0.1, -0.05) is 6.07 Å². The Morgan fingerprint density at radius 1 is 1.05 bits per heavy atom. The molecule has 2 aromatic carbocycles. The molecule has 0 fully saturated rings. The van der Waals surface area contributed by atoms with E-state index in [1.165, 1.54) is 6.07 Å². The van der Waals surface area contributed by atoms with Crippen LogP contribution in [0.1, 0.15) is 11.1 Å². The van der Waals surface area contributed by atoms with Gasteiger partial charge in [-0.2, -0.15) is 0 Å². The SMILES string of the molecule is [C-]#[N+]c1cc(O)cc2c3c(oc12)-c1cc(O)ccc1CC3. The zero-order chi connectivity index (χ0) is 14.6. The molecule has 0 bridgehead atoms. The molecule has 1 heterocycles. The monoisotopic (exact) mass is 277 g/mol. The molecule has 1 aliphatic rings. The molecule has 0 amide bonds. The average molecular weight is 277 g/mol. The van der Waals surface area contributed by atoms with Gasteiger partial charge < -0.3 is 14.6 Å². The van der Waals surface area contributed by atoms with E-state index in [-0.39, 0.29) is 11.5 Å². The number of fused-ring (bicyclic) bond motifs is 5. The molecule has 0 radical (unpaired) electrons. The van der Waals surface area contributed by atoms with Gasteiger partial charge >= 0.3 is 0 Å². The standard InChI is InChI=1S/C17H11NO3/c1-18-15-8-11(20)7-14-12-5-3-9-2-4-10(19)6-13(9)16(12)21-17(14)15/h2,4,6-8,19-20H,3,5H2. The third-order valence-electron chi connectivity index (χ3n) is 3.96. The molecule has 1 aliphatic carbocycles. The van der Waals surface area contributed by atoms with Crippen molar-refractivity contribution < 1.29 is 14.6 Å². The van der Waals surface area contributed by atoms with Crippen molar-refractivity contribution in [2.24, 2.45) is 0 Å². The van der Waals surface area contributed by atoms with Crippen LogP contribution in [0.5, 0.6) is 11.5 Å². The molecule has 0 atom stereocenters. The van der Waals surface area contributed by atoms with Crippen LogP contribution in [0.15, 0.2) is 34.7 Å². The van der Waals surface area contributed by atoms with E-state index >= 15 is 0 Å². The second-order valence-corrected chi connectivity index (χ2v) is 5.20. The van der Waals surface area contributed by atoms with Crippen molar-refractivity contribution in [3.8, 4) is 22.8 Å². The lowest BCUT2D eigenvalue weighted by molar-refractivity contribution is 0.474. The molecule has 0 unspecified atom stereocenters. The summed E-state index contributed by atoms with van der Waals surface area (Å²) in [5.74, 6) is 0.951. The van der Waals surface area contributed by atoms with E-state index in [0.29, 0.717) is 17.0 Å². The number of hydrogen-bond acceptors (Lipinski definition) is 3. The summed E-state index contributed by atoms with van der Waals surface area (Å²) in [7, 11) is 0. The molecule has 2 N–H and O–H groups in total. The van der Waals surface area contributed by atoms with Gasteiger partial charge in [-0.15, -0.1) is 0 Å². The van der Waals surface area contributed by atoms with Crippen molar-refractivity contribution in [3.05, 3.63) is 52.9 Å². The summed E-state index contributed by atoms with van der Waals surface area (Å²) in [6, 6.07) is 8.30. The minimum absolute atomic E-state index is 0.0683. The van der Waals surface area contributed by atoms with Crippen molar-refractivity contribution in [3.63, 3.8) is 0 Å². The fourth-order valence-electron chi connectivity index (χ4n) is 3.02. The Balaban J connectivity index is 2.10. The molecule has 4 heteroatoms. The van der Waals surface area contributed by atoms with E-state index in [4.69, 9.17) is 11.0 Å². The number of aryl methyl sites for hydroxylation is 2. The first-order chi connectivity index (χ1) is 10.2. The highest BCUT2D eigenvalue weighted by molar-refractivity contribution is 5.98. The number of aromatic hydroxyl groups is 2. The summed E-state index contributed by atoms with van der Waals surface area (Å²) in [4.78, 5) is 3.42. The van der Waals surface area contributed by atoms with Gasteiger partial charge in [0.05, 0.1) is 6.57 Å². The number of rotatable bonds is 0. The summed E-state index contributed by atoms with van der Waals surface area (Å²) in [6.45, 7) is 7.22. The summed E-state index contributed by atoms with van der Waals surface area (Å²) in [5.41, 5.74) is 3.78. The molecule has 3 aromatic rings. The largest absolute Gasteiger partial charge is 0.509 e. The Morgan fingerprint density at radius 3 is 2.71 bits per heavy atom. The van der Waals surface area contributed by atoms with Crippen LogP contribution in [0, 0.1) is 6.57 Å². The second-order valence-electron chi connectivity index (χ2n) is 5.20. The van der Waals surface area contributed by atoms with Gasteiger partial charge in [-0.25, -0.2) is 4.85 Å². The lowest BCUT2D eigenvalue weighted by Gasteiger charge is -2.15. The lowest BCUT2D eigenvalue weighted by atomic mass is 9.89. The topological polar surface area (TPSA) is 58.0 Å². The fourth-order valence-corrected chi connectivity index (χ4v) is 3.02. The normalized spacial score (nSPS) is 12.7. The Bertz CT molecular complexity index is 931. The Morgan fingerprint density at radius 2 is 1.90 bits per heavy atom. The van der Waals surface area contributed by atoms with Crippen LogP contribution >= 0.6 is 0 Å². The molecular weight excluding hydrogens is 266 g/mol. The number of phenolic OH excluding ortho intramolecular Hbond substituents is 2. The van der Waals surface area contributed by atoms with Gasteiger partial charge in [0.1, 0.15) is 22.8 Å². The Hall–Kier alpha value is -2.93. The maximum atomic E-state index is 9.78. The van der Waals surface area contributed by atoms with Gasteiger partial charge in [-0.3, -0.25) is 0 Å². The predicted octanol–water partition coefficient (Wildman–Crippen LogP) is 4.16. The summed E-state index contributed by atoms with van der Waals surface area (Å²) < 4.78 is 5.91. The highest BCUT2D eigenvalue weighted by atomic mass is 16.3. The lowest BCUT2D eigenvalue weighted by Crippen LogP contribution is -2.01. The molecule has 102 valence electrons. The number of furan rings is 1. The first kappa shape index (κ1) is 11.9. The van der Waals surface area contributed by atoms with Gasteiger partial charge in [0.25, 0.3) is 0 Å². The third kappa shape index (κ3) is 1.61. The van der Waals surface area contributed by atoms with Crippen LogP contribution in [0.4, 0.5) is 5.69 Å². The van der Waals surface area contributed by atoms with E-state index in [1.54, 1.807) is 18.2 Å². The molecule has 0 saturated heterocycles. The minimum atomic E-state index is 0.0683. The molecule has 21 heavy (non-hydrogen) atoms. The number of phenols is 2. The molecule has 0 saturated carbocycles. The zero-order valence-electron chi connectivity index (χ0n) is 11.1. The first-order valence-electron chi connectivity index (χ1n) is 6.65. The van der Waals surface area contributed by atoms with Gasteiger partial charge in [0.15, 0.2) is 0 Å². The quantitative estimate of drug-likeness (QED) is 0.606. The molecule has 0 aliphatic heterocycles. The maximum Gasteiger partial charge on any atom is 0.233 e. The minimum Gasteiger partial charge on any atom is -0.509 e. The first-order valence-corrected chi connectivity index (χ1v) is 6.65. The zero-order valence-corrected chi connectivity index (χ0v) is 11.1. The van der Waals surface area contributed by atoms with Gasteiger partial charge in [0, 0.05) is 16.5 Å². The molecule has 0 spiro atoms. The molecule has 1 aromatic heterocycles. The molecular formula is C17H11NO3. The van der Waals surface area contributed by atoms with E-state index in [0.717, 1.165) is 34.9 Å². The molecule has 4 rings (SSSR count). The van der Waals surface area contributed by atoms with E-state index in [1.807, 2.05) is 6.07 Å². The van der Waals surface area contributed by atoms with Crippen LogP contribution in [0.2, 0.25) is 0 Å². The van der Waals surface area contributed by atoms with Crippen LogP contribution < -0.4 is 0 Å². The van der Waals surface area contributed by atoms with Crippen LogP contribution in [-0.4, -0.2) is 10.2 Å². The Labute approximate surface area is 120 Å². The number of benzene rings is 2. The smallest absolute Gasteiger partial charge is 0.233 e. The predicted molar refractivity (Wildman–Crippen MR) is 78.6 cm³/mol. The Kier molecular flexibility index (Phi) is 2.28. The van der Waals surface area contributed by atoms with Gasteiger partial charge in [-0.05, 0) is 42.7 Å². The van der Waals surface area contributed by atoms with Crippen molar-refractivity contribution >= 4 is 16.7 Å². The highest BCUT2D eigenvalue weighted by Crippen LogP contribution is 2.44. The van der Waals surface area contributed by atoms with Crippen LogP contribution in [-0.2, 0) is 12.8 Å². The highest BCUT2D eigenvalue weighted by Gasteiger charge is 2.24. The summed E-state index contributed by atoms with van der Waals surface area (Å²) in [6.07, 6.45) is 1.64. The van der Waals surface area contributed by atoms with E-state index in [9.17, 15) is 10.2 Å². The van der Waals surface area contributed by atoms with Crippen molar-refractivity contribution in [2.75, 3.05) is 0 Å². The van der Waals surface area contributed by atoms with Crippen LogP contribution in [0.25, 0.3) is 27.1 Å². The third-order valence-corrected chi connectivity index (χ3v) is 3.96. The number of hydrogen-bond donors (Lipinski definition) is 2. The van der Waals surface area contributed by atoms with E-state index in [2.05, 4.69) is 4.85 Å². The van der Waals surface area contributed by atoms with Crippen molar-refractivity contribution in [1.82, 2.24) is 0 Å². The van der Waals surface area contributed by atoms with Crippen molar-refractivity contribution in [2.45, 2.75) is 12.8 Å². The molecule has 4 nitrogen and oxygen atoms in total. The second kappa shape index (κ2) is 4.03. The van der Waals surface area contributed by atoms with Gasteiger partial charge in [0.2, 0.25) is 5.69 Å². The maximum absolute atomic E-state index is 9.78. The summed E-state index contributed by atoms with van der Waals surface area (Å²) in [5, 5.41) is 20.3. The van der Waals surface area contributed by atoms with E-state index < -0.39 is 0 Å².